The van der Waals surface area contributed by atoms with Gasteiger partial charge in [-0.2, -0.15) is 0 Å². The predicted octanol–water partition coefficient (Wildman–Crippen LogP) is 1.50. The van der Waals surface area contributed by atoms with Crippen LogP contribution in [0, 0.1) is 0 Å². The molecule has 0 fully saturated rings. The van der Waals surface area contributed by atoms with Gasteiger partial charge in [-0.25, -0.2) is 4.98 Å². The molecule has 7 nitrogen and oxygen atoms in total. The zero-order valence-corrected chi connectivity index (χ0v) is 10.4. The van der Waals surface area contributed by atoms with Crippen molar-refractivity contribution in [3.05, 3.63) is 48.3 Å². The minimum Gasteiger partial charge on any atom is -0.324 e. The third kappa shape index (κ3) is 2.29. The van der Waals surface area contributed by atoms with Gasteiger partial charge in [0.15, 0.2) is 0 Å². The fourth-order valence-electron chi connectivity index (χ4n) is 1.83. The number of para-hydroxylation sites is 2. The zero-order valence-electron chi connectivity index (χ0n) is 10.4. The highest BCUT2D eigenvalue weighted by atomic mass is 16.2. The molecule has 100 valence electrons. The number of carbonyl (C=O) groups is 1. The lowest BCUT2D eigenvalue weighted by Crippen LogP contribution is -2.15. The van der Waals surface area contributed by atoms with E-state index in [4.69, 9.17) is 5.84 Å². The van der Waals surface area contributed by atoms with E-state index < -0.39 is 0 Å². The molecule has 0 radical (unpaired) electrons. The van der Waals surface area contributed by atoms with Crippen LogP contribution in [0.25, 0.3) is 11.0 Å². The van der Waals surface area contributed by atoms with E-state index in [0.29, 0.717) is 11.6 Å². The number of hydrazine groups is 1. The molecule has 0 spiro atoms. The molecule has 3 aromatic rings. The number of amides is 1. The topological polar surface area (TPSA) is 109 Å². The number of nitrogens with one attached hydrogen (secondary N) is 3. The number of nitrogen functional groups attached to an aromatic ring is 1. The van der Waals surface area contributed by atoms with Crippen LogP contribution in [-0.4, -0.2) is 20.9 Å². The Labute approximate surface area is 114 Å². The third-order valence-corrected chi connectivity index (χ3v) is 2.78. The van der Waals surface area contributed by atoms with Crippen LogP contribution in [0.5, 0.6) is 0 Å². The number of nitrogens with two attached hydrogens (primary N) is 1. The third-order valence-electron chi connectivity index (χ3n) is 2.78. The molecule has 2 aromatic heterocycles. The summed E-state index contributed by atoms with van der Waals surface area (Å²) in [6.07, 6.45) is 1.50. The molecule has 20 heavy (non-hydrogen) atoms. The second-order valence-electron chi connectivity index (χ2n) is 4.13. The minimum absolute atomic E-state index is 0.251. The van der Waals surface area contributed by atoms with Gasteiger partial charge in [0.05, 0.1) is 16.7 Å². The lowest BCUT2D eigenvalue weighted by molar-refractivity contribution is 0.102. The molecule has 3 rings (SSSR count). The molecule has 0 aliphatic carbocycles. The van der Waals surface area contributed by atoms with Crippen molar-refractivity contribution in [3.63, 3.8) is 0 Å². The van der Waals surface area contributed by atoms with E-state index in [1.807, 2.05) is 24.3 Å². The number of aromatic amines is 1. The number of H-pyrrole nitrogens is 1. The Hall–Kier alpha value is -2.93. The normalized spacial score (nSPS) is 10.4. The largest absolute Gasteiger partial charge is 0.324 e. The average Bonchev–Trinajstić information content (AvgIpc) is 2.89. The summed E-state index contributed by atoms with van der Waals surface area (Å²) < 4.78 is 0. The van der Waals surface area contributed by atoms with Crippen molar-refractivity contribution in [2.24, 2.45) is 5.84 Å². The summed E-state index contributed by atoms with van der Waals surface area (Å²) in [6.45, 7) is 0. The summed E-state index contributed by atoms with van der Waals surface area (Å²) >= 11 is 0. The Morgan fingerprint density at radius 1 is 1.25 bits per heavy atom. The van der Waals surface area contributed by atoms with E-state index in [2.05, 4.69) is 25.7 Å². The van der Waals surface area contributed by atoms with Crippen LogP contribution in [0.1, 0.15) is 10.5 Å². The molecule has 0 saturated heterocycles. The van der Waals surface area contributed by atoms with Crippen LogP contribution in [-0.2, 0) is 0 Å². The summed E-state index contributed by atoms with van der Waals surface area (Å²) in [4.78, 5) is 23.3. The van der Waals surface area contributed by atoms with E-state index in [0.717, 1.165) is 11.0 Å². The first-order valence-electron chi connectivity index (χ1n) is 5.95. The first-order chi connectivity index (χ1) is 9.76. The standard InChI is InChI=1S/C13H12N6O/c14-19-8-5-6-15-11(7-8)12(20)18-13-16-9-3-1-2-4-10(9)17-13/h1-7H,14H2,(H,15,19)(H2,16,17,18,20). The van der Waals surface area contributed by atoms with Gasteiger partial charge in [0.2, 0.25) is 5.95 Å². The average molecular weight is 268 g/mol. The Balaban J connectivity index is 1.84. The summed E-state index contributed by atoms with van der Waals surface area (Å²) in [5, 5.41) is 2.66. The lowest BCUT2D eigenvalue weighted by atomic mass is 10.3. The van der Waals surface area contributed by atoms with Gasteiger partial charge in [-0.15, -0.1) is 0 Å². The molecule has 2 heterocycles. The summed E-state index contributed by atoms with van der Waals surface area (Å²) in [6, 6.07) is 10.7. The molecule has 0 unspecified atom stereocenters. The Kier molecular flexibility index (Phi) is 3.02. The maximum atomic E-state index is 12.1. The van der Waals surface area contributed by atoms with Crippen molar-refractivity contribution >= 4 is 28.6 Å². The second kappa shape index (κ2) is 4.98. The maximum absolute atomic E-state index is 12.1. The van der Waals surface area contributed by atoms with Crippen molar-refractivity contribution < 1.29 is 4.79 Å². The van der Waals surface area contributed by atoms with Crippen molar-refractivity contribution in [2.45, 2.75) is 0 Å². The minimum atomic E-state index is -0.360. The van der Waals surface area contributed by atoms with Crippen molar-refractivity contribution in [3.8, 4) is 0 Å². The SMILES string of the molecule is NNc1ccnc(C(=O)Nc2nc3ccccc3[nH]2)c1. The fourth-order valence-corrected chi connectivity index (χ4v) is 1.83. The number of nitrogens with zero attached hydrogens (tertiary/aromatic N) is 2. The highest BCUT2D eigenvalue weighted by Gasteiger charge is 2.10. The van der Waals surface area contributed by atoms with Crippen LogP contribution in [0.3, 0.4) is 0 Å². The van der Waals surface area contributed by atoms with E-state index in [1.54, 1.807) is 12.1 Å². The van der Waals surface area contributed by atoms with Crippen molar-refractivity contribution in [1.29, 1.82) is 0 Å². The second-order valence-corrected chi connectivity index (χ2v) is 4.13. The highest BCUT2D eigenvalue weighted by Crippen LogP contribution is 2.14. The molecule has 5 N–H and O–H groups in total. The monoisotopic (exact) mass is 268 g/mol. The number of benzene rings is 1. The number of anilines is 2. The van der Waals surface area contributed by atoms with Gasteiger partial charge in [0.25, 0.3) is 5.91 Å². The Morgan fingerprint density at radius 3 is 2.90 bits per heavy atom. The molecule has 0 bridgehead atoms. The van der Waals surface area contributed by atoms with Gasteiger partial charge >= 0.3 is 0 Å². The quantitative estimate of drug-likeness (QED) is 0.425. The van der Waals surface area contributed by atoms with Gasteiger partial charge in [-0.1, -0.05) is 12.1 Å². The fraction of sp³-hybridized carbons (Fsp3) is 0. The van der Waals surface area contributed by atoms with Crippen molar-refractivity contribution in [2.75, 3.05) is 10.7 Å². The van der Waals surface area contributed by atoms with E-state index in [1.165, 1.54) is 6.20 Å². The summed E-state index contributed by atoms with van der Waals surface area (Å²) in [5.41, 5.74) is 4.96. The molecule has 0 atom stereocenters. The van der Waals surface area contributed by atoms with E-state index in [-0.39, 0.29) is 11.6 Å². The van der Waals surface area contributed by atoms with Gasteiger partial charge in [0.1, 0.15) is 5.69 Å². The molecule has 0 aliphatic rings. The summed E-state index contributed by atoms with van der Waals surface area (Å²) in [7, 11) is 0. The highest BCUT2D eigenvalue weighted by molar-refractivity contribution is 6.03. The molecule has 1 amide bonds. The van der Waals surface area contributed by atoms with Crippen LogP contribution in [0.2, 0.25) is 0 Å². The number of carbonyl (C=O) groups excluding carboxylic acids is 1. The smallest absolute Gasteiger partial charge is 0.276 e. The van der Waals surface area contributed by atoms with Crippen LogP contribution < -0.4 is 16.6 Å². The van der Waals surface area contributed by atoms with Crippen LogP contribution in [0.4, 0.5) is 11.6 Å². The number of hydrogen-bond donors (Lipinski definition) is 4. The Morgan fingerprint density at radius 2 is 2.10 bits per heavy atom. The molecular formula is C13H12N6O. The first kappa shape index (κ1) is 12.1. The predicted molar refractivity (Wildman–Crippen MR) is 76.1 cm³/mol. The van der Waals surface area contributed by atoms with Gasteiger partial charge in [0, 0.05) is 6.20 Å². The molecule has 0 aliphatic heterocycles. The van der Waals surface area contributed by atoms with Crippen LogP contribution in [0.15, 0.2) is 42.6 Å². The zero-order chi connectivity index (χ0) is 13.9. The number of aromatic nitrogens is 3. The number of hydrogen-bond acceptors (Lipinski definition) is 5. The molecule has 0 saturated carbocycles. The van der Waals surface area contributed by atoms with Crippen molar-refractivity contribution in [1.82, 2.24) is 15.0 Å². The first-order valence-corrected chi connectivity index (χ1v) is 5.95. The van der Waals surface area contributed by atoms with Crippen LogP contribution >= 0.6 is 0 Å². The van der Waals surface area contributed by atoms with E-state index in [9.17, 15) is 4.79 Å². The molecule has 7 heteroatoms. The Bertz CT molecular complexity index is 733. The number of fused-ring (bicyclic) bond motifs is 1. The summed E-state index contributed by atoms with van der Waals surface area (Å²) in [5.74, 6) is 5.31. The molecule has 1 aromatic carbocycles. The number of rotatable bonds is 3. The maximum Gasteiger partial charge on any atom is 0.276 e. The number of pyridine rings is 1. The van der Waals surface area contributed by atoms with Gasteiger partial charge in [-0.05, 0) is 24.3 Å². The van der Waals surface area contributed by atoms with Gasteiger partial charge in [-0.3, -0.25) is 20.9 Å². The lowest BCUT2D eigenvalue weighted by Gasteiger charge is -2.03. The number of imidazole rings is 1. The molecular weight excluding hydrogens is 256 g/mol. The van der Waals surface area contributed by atoms with Gasteiger partial charge < -0.3 is 10.4 Å². The van der Waals surface area contributed by atoms with E-state index >= 15 is 0 Å².